The summed E-state index contributed by atoms with van der Waals surface area (Å²) in [5.41, 5.74) is 1.91. The van der Waals surface area contributed by atoms with Crippen molar-refractivity contribution in [1.29, 1.82) is 0 Å². The lowest BCUT2D eigenvalue weighted by Gasteiger charge is -2.28. The van der Waals surface area contributed by atoms with Crippen molar-refractivity contribution in [3.63, 3.8) is 0 Å². The second-order valence-electron chi connectivity index (χ2n) is 8.06. The van der Waals surface area contributed by atoms with E-state index in [0.717, 1.165) is 16.3 Å². The molecular formula is C26H24N2O5S. The summed E-state index contributed by atoms with van der Waals surface area (Å²) in [5.74, 6) is -0.201. The van der Waals surface area contributed by atoms with Gasteiger partial charge in [0.25, 0.3) is 11.7 Å². The minimum Gasteiger partial charge on any atom is -0.507 e. The fourth-order valence-corrected chi connectivity index (χ4v) is 5.16. The quantitative estimate of drug-likeness (QED) is 0.329. The smallest absolute Gasteiger partial charge is 0.300 e. The molecule has 0 bridgehead atoms. The summed E-state index contributed by atoms with van der Waals surface area (Å²) in [7, 11) is 1.95. The molecule has 0 saturated carbocycles. The van der Waals surface area contributed by atoms with Gasteiger partial charge in [-0.1, -0.05) is 6.07 Å². The minimum atomic E-state index is -0.733. The van der Waals surface area contributed by atoms with Crippen LogP contribution >= 0.6 is 11.3 Å². The maximum Gasteiger partial charge on any atom is 0.300 e. The number of amides is 1. The zero-order valence-electron chi connectivity index (χ0n) is 18.9. The summed E-state index contributed by atoms with van der Waals surface area (Å²) in [6.45, 7) is 3.73. The highest BCUT2D eigenvalue weighted by atomic mass is 32.1. The van der Waals surface area contributed by atoms with Gasteiger partial charge in [0.1, 0.15) is 29.9 Å². The van der Waals surface area contributed by atoms with E-state index in [2.05, 4.69) is 0 Å². The molecule has 2 aliphatic rings. The van der Waals surface area contributed by atoms with Crippen LogP contribution in [0, 0.1) is 0 Å². The molecule has 1 atom stereocenters. The minimum absolute atomic E-state index is 0.0701. The number of nitrogens with zero attached hydrogens (tertiary/aromatic N) is 2. The first-order valence-corrected chi connectivity index (χ1v) is 11.9. The summed E-state index contributed by atoms with van der Waals surface area (Å²) in [6.07, 6.45) is 0. The first kappa shape index (κ1) is 22.0. The van der Waals surface area contributed by atoms with Crippen molar-refractivity contribution in [2.24, 2.45) is 0 Å². The van der Waals surface area contributed by atoms with Crippen LogP contribution in [0.25, 0.3) is 5.76 Å². The highest BCUT2D eigenvalue weighted by molar-refractivity contribution is 7.10. The first-order valence-electron chi connectivity index (χ1n) is 11.0. The maximum atomic E-state index is 13.3. The van der Waals surface area contributed by atoms with Gasteiger partial charge < -0.3 is 19.5 Å². The number of thiophene rings is 1. The third-order valence-electron chi connectivity index (χ3n) is 6.01. The lowest BCUT2D eigenvalue weighted by Crippen LogP contribution is -2.29. The molecule has 7 nitrogen and oxygen atoms in total. The van der Waals surface area contributed by atoms with Gasteiger partial charge in [0.05, 0.1) is 24.4 Å². The van der Waals surface area contributed by atoms with E-state index in [9.17, 15) is 14.7 Å². The second-order valence-corrected chi connectivity index (χ2v) is 9.04. The molecule has 2 aliphatic heterocycles. The molecule has 1 fully saturated rings. The molecule has 1 unspecified atom stereocenters. The van der Waals surface area contributed by atoms with Gasteiger partial charge in [-0.2, -0.15) is 0 Å². The Morgan fingerprint density at radius 2 is 1.97 bits per heavy atom. The number of rotatable bonds is 5. The number of ketones is 1. The number of ether oxygens (including phenoxy) is 2. The van der Waals surface area contributed by atoms with Crippen molar-refractivity contribution < 1.29 is 24.2 Å². The van der Waals surface area contributed by atoms with Gasteiger partial charge in [-0.3, -0.25) is 14.5 Å². The molecule has 34 heavy (non-hydrogen) atoms. The van der Waals surface area contributed by atoms with Gasteiger partial charge in [-0.05, 0) is 60.8 Å². The molecule has 174 valence electrons. The van der Waals surface area contributed by atoms with Gasteiger partial charge in [0.2, 0.25) is 0 Å². The zero-order valence-corrected chi connectivity index (χ0v) is 19.7. The largest absolute Gasteiger partial charge is 0.507 e. The third-order valence-corrected chi connectivity index (χ3v) is 6.94. The molecule has 1 amide bonds. The zero-order chi connectivity index (χ0) is 23.8. The van der Waals surface area contributed by atoms with E-state index in [1.807, 2.05) is 36.4 Å². The van der Waals surface area contributed by atoms with Crippen LogP contribution in [-0.4, -0.2) is 43.6 Å². The SMILES string of the molecule is CCOc1ccc(N2C(=O)C(=O)/C(=C(\O)c3ccc4c(c3)N(C)CCO4)C2c2cccs2)cc1. The average molecular weight is 477 g/mol. The predicted octanol–water partition coefficient (Wildman–Crippen LogP) is 4.60. The van der Waals surface area contributed by atoms with Crippen molar-refractivity contribution >= 4 is 40.2 Å². The van der Waals surface area contributed by atoms with Crippen LogP contribution in [0.15, 0.2) is 65.6 Å². The molecule has 2 aromatic carbocycles. The van der Waals surface area contributed by atoms with Gasteiger partial charge in [-0.25, -0.2) is 0 Å². The molecule has 1 saturated heterocycles. The Morgan fingerprint density at radius 1 is 1.18 bits per heavy atom. The van der Waals surface area contributed by atoms with Crippen LogP contribution in [0.4, 0.5) is 11.4 Å². The topological polar surface area (TPSA) is 79.3 Å². The standard InChI is InChI=1S/C26H24N2O5S/c1-3-32-18-9-7-17(8-10-18)28-23(21-5-4-14-34-21)22(25(30)26(28)31)24(29)16-6-11-20-19(15-16)27(2)12-13-33-20/h4-11,14-15,23,29H,3,12-13H2,1-2H3/b24-22-. The van der Waals surface area contributed by atoms with Gasteiger partial charge >= 0.3 is 0 Å². The normalized spacial score (nSPS) is 19.2. The molecular weight excluding hydrogens is 452 g/mol. The average Bonchev–Trinajstić information content (AvgIpc) is 3.47. The Balaban J connectivity index is 1.63. The number of anilines is 2. The highest BCUT2D eigenvalue weighted by Gasteiger charge is 2.47. The van der Waals surface area contributed by atoms with E-state index in [1.165, 1.54) is 16.2 Å². The Morgan fingerprint density at radius 3 is 2.68 bits per heavy atom. The van der Waals surface area contributed by atoms with Crippen LogP contribution < -0.4 is 19.3 Å². The molecule has 1 N–H and O–H groups in total. The van der Waals surface area contributed by atoms with Crippen LogP contribution in [0.2, 0.25) is 0 Å². The van der Waals surface area contributed by atoms with Crippen molar-refractivity contribution in [2.75, 3.05) is 36.6 Å². The first-order chi connectivity index (χ1) is 16.5. The monoisotopic (exact) mass is 476 g/mol. The van der Waals surface area contributed by atoms with E-state index < -0.39 is 17.7 Å². The van der Waals surface area contributed by atoms with Crippen LogP contribution in [-0.2, 0) is 9.59 Å². The number of hydrogen-bond acceptors (Lipinski definition) is 7. The molecule has 5 rings (SSSR count). The molecule has 8 heteroatoms. The summed E-state index contributed by atoms with van der Waals surface area (Å²) in [4.78, 5) is 30.8. The number of aliphatic hydroxyl groups is 1. The van der Waals surface area contributed by atoms with Crippen molar-refractivity contribution in [3.05, 3.63) is 76.0 Å². The van der Waals surface area contributed by atoms with E-state index in [1.54, 1.807) is 42.5 Å². The number of fused-ring (bicyclic) bond motifs is 1. The Hall–Kier alpha value is -3.78. The van der Waals surface area contributed by atoms with E-state index in [0.29, 0.717) is 36.8 Å². The van der Waals surface area contributed by atoms with Crippen LogP contribution in [0.1, 0.15) is 23.4 Å². The van der Waals surface area contributed by atoms with E-state index >= 15 is 0 Å². The van der Waals surface area contributed by atoms with E-state index in [4.69, 9.17) is 9.47 Å². The number of Topliss-reactive ketones (excluding diaryl/α,β-unsaturated/α-hetero) is 1. The van der Waals surface area contributed by atoms with Crippen LogP contribution in [0.5, 0.6) is 11.5 Å². The number of likely N-dealkylation sites (N-methyl/N-ethyl adjacent to an activating group) is 1. The Kier molecular flexibility index (Phi) is 5.75. The molecule has 1 aromatic heterocycles. The van der Waals surface area contributed by atoms with Crippen molar-refractivity contribution in [1.82, 2.24) is 0 Å². The van der Waals surface area contributed by atoms with Crippen molar-refractivity contribution in [3.8, 4) is 11.5 Å². The van der Waals surface area contributed by atoms with Crippen LogP contribution in [0.3, 0.4) is 0 Å². The Labute approximate surface area is 201 Å². The third kappa shape index (κ3) is 3.70. The predicted molar refractivity (Wildman–Crippen MR) is 132 cm³/mol. The number of hydrogen-bond donors (Lipinski definition) is 1. The van der Waals surface area contributed by atoms with Gasteiger partial charge in [0.15, 0.2) is 0 Å². The second kappa shape index (κ2) is 8.87. The number of carbonyl (C=O) groups excluding carboxylic acids is 2. The number of aliphatic hydroxyl groups excluding tert-OH is 1. The van der Waals surface area contributed by atoms with Crippen molar-refractivity contribution in [2.45, 2.75) is 13.0 Å². The summed E-state index contributed by atoms with van der Waals surface area (Å²) < 4.78 is 11.2. The Bertz CT molecular complexity index is 1270. The molecule has 0 aliphatic carbocycles. The molecule has 3 heterocycles. The summed E-state index contributed by atoms with van der Waals surface area (Å²) >= 11 is 1.43. The number of carbonyl (C=O) groups is 2. The lowest BCUT2D eigenvalue weighted by atomic mass is 9.99. The summed E-state index contributed by atoms with van der Waals surface area (Å²) in [6, 6.07) is 15.3. The van der Waals surface area contributed by atoms with Gasteiger partial charge in [-0.15, -0.1) is 11.3 Å². The van der Waals surface area contributed by atoms with E-state index in [-0.39, 0.29) is 11.3 Å². The fraction of sp³-hybridized carbons (Fsp3) is 0.231. The highest BCUT2D eigenvalue weighted by Crippen LogP contribution is 2.44. The molecule has 0 radical (unpaired) electrons. The van der Waals surface area contributed by atoms with Gasteiger partial charge in [0, 0.05) is 23.2 Å². The maximum absolute atomic E-state index is 13.3. The fourth-order valence-electron chi connectivity index (χ4n) is 4.34. The molecule has 0 spiro atoms. The number of benzene rings is 2. The lowest BCUT2D eigenvalue weighted by molar-refractivity contribution is -0.132. The molecule has 3 aromatic rings. The summed E-state index contributed by atoms with van der Waals surface area (Å²) in [5, 5.41) is 13.2.